The molecule has 2 rings (SSSR count). The molecule has 6 heteroatoms. The second kappa shape index (κ2) is 15.3. The first-order valence-corrected chi connectivity index (χ1v) is 20.2. The predicted octanol–water partition coefficient (Wildman–Crippen LogP) is 7.74. The highest BCUT2D eigenvalue weighted by Gasteiger charge is 2.51. The maximum Gasteiger partial charge on any atom is 0.261 e. The zero-order valence-corrected chi connectivity index (χ0v) is 30.4. The summed E-state index contributed by atoms with van der Waals surface area (Å²) < 4.78 is 20.7. The van der Waals surface area contributed by atoms with Crippen LogP contribution in [-0.4, -0.2) is 54.3 Å². The van der Waals surface area contributed by atoms with Crippen molar-refractivity contribution in [3.8, 4) is 0 Å². The fourth-order valence-corrected chi connectivity index (χ4v) is 11.7. The topological polar surface area (TPSA) is 47.9 Å². The Labute approximate surface area is 259 Å². The van der Waals surface area contributed by atoms with Gasteiger partial charge in [0.1, 0.15) is 0 Å². The number of rotatable bonds is 14. The third kappa shape index (κ3) is 8.87. The van der Waals surface area contributed by atoms with E-state index in [9.17, 15) is 5.11 Å². The molecule has 0 saturated heterocycles. The molecule has 0 aliphatic carbocycles. The molecule has 0 unspecified atom stereocenters. The van der Waals surface area contributed by atoms with Gasteiger partial charge >= 0.3 is 0 Å². The van der Waals surface area contributed by atoms with Crippen LogP contribution in [0, 0.1) is 11.8 Å². The van der Waals surface area contributed by atoms with Gasteiger partial charge in [-0.2, -0.15) is 0 Å². The van der Waals surface area contributed by atoms with E-state index >= 15 is 0 Å². The van der Waals surface area contributed by atoms with Crippen molar-refractivity contribution in [2.24, 2.45) is 11.8 Å². The summed E-state index contributed by atoms with van der Waals surface area (Å²) in [7, 11) is -3.03. The Morgan fingerprint density at radius 2 is 1.36 bits per heavy atom. The molecule has 0 radical (unpaired) electrons. The number of hydrogen-bond acceptors (Lipinski definition) is 4. The Morgan fingerprint density at radius 1 is 0.857 bits per heavy atom. The number of benzene rings is 2. The van der Waals surface area contributed by atoms with Crippen molar-refractivity contribution in [3.63, 3.8) is 0 Å². The van der Waals surface area contributed by atoms with Crippen molar-refractivity contribution >= 4 is 27.0 Å². The van der Waals surface area contributed by atoms with Gasteiger partial charge in [-0.05, 0) is 40.5 Å². The molecular weight excluding hydrogens is 553 g/mol. The third-order valence-electron chi connectivity index (χ3n) is 9.00. The van der Waals surface area contributed by atoms with Crippen molar-refractivity contribution in [1.82, 2.24) is 0 Å². The fourth-order valence-electron chi connectivity index (χ4n) is 5.55. The second-order valence-electron chi connectivity index (χ2n) is 14.3. The van der Waals surface area contributed by atoms with Gasteiger partial charge in [0.15, 0.2) is 8.32 Å². The van der Waals surface area contributed by atoms with Gasteiger partial charge in [-0.3, -0.25) is 0 Å². The first-order valence-electron chi connectivity index (χ1n) is 15.4. The van der Waals surface area contributed by atoms with E-state index in [2.05, 4.69) is 135 Å². The van der Waals surface area contributed by atoms with Crippen LogP contribution in [0.25, 0.3) is 0 Å². The molecule has 0 aliphatic rings. The molecule has 0 amide bonds. The van der Waals surface area contributed by atoms with Crippen LogP contribution < -0.4 is 10.4 Å². The minimum Gasteiger partial charge on any atom is -0.413 e. The molecule has 0 aliphatic heterocycles. The largest absolute Gasteiger partial charge is 0.413 e. The highest BCUT2D eigenvalue weighted by molar-refractivity contribution is 6.99. The monoisotopic (exact) mass is 610 g/mol. The van der Waals surface area contributed by atoms with E-state index in [0.717, 1.165) is 5.57 Å². The minimum absolute atomic E-state index is 0.0199. The summed E-state index contributed by atoms with van der Waals surface area (Å²) in [6.07, 6.45) is 5.64. The Hall–Kier alpha value is -1.81. The van der Waals surface area contributed by atoms with Crippen molar-refractivity contribution in [2.75, 3.05) is 20.3 Å². The summed E-state index contributed by atoms with van der Waals surface area (Å²) >= 11 is 0. The van der Waals surface area contributed by atoms with Crippen LogP contribution in [0.3, 0.4) is 0 Å². The molecule has 234 valence electrons. The van der Waals surface area contributed by atoms with Gasteiger partial charge in [0.25, 0.3) is 8.32 Å². The van der Waals surface area contributed by atoms with Crippen LogP contribution in [-0.2, 0) is 13.6 Å². The van der Waals surface area contributed by atoms with E-state index in [0.29, 0.717) is 6.61 Å². The highest BCUT2D eigenvalue weighted by Crippen LogP contribution is 2.41. The van der Waals surface area contributed by atoms with Gasteiger partial charge in [-0.15, -0.1) is 0 Å². The van der Waals surface area contributed by atoms with E-state index in [1.54, 1.807) is 13.2 Å². The van der Waals surface area contributed by atoms with Crippen molar-refractivity contribution < 1.29 is 18.7 Å². The maximum absolute atomic E-state index is 9.26. The van der Waals surface area contributed by atoms with Gasteiger partial charge in [0.2, 0.25) is 0 Å². The first kappa shape index (κ1) is 36.4. The molecule has 0 aromatic heterocycles. The number of methoxy groups -OCH3 is 1. The lowest BCUT2D eigenvalue weighted by atomic mass is 9.89. The molecule has 0 fully saturated rings. The Kier molecular flexibility index (Phi) is 13.2. The van der Waals surface area contributed by atoms with E-state index in [1.807, 2.05) is 13.0 Å². The lowest BCUT2D eigenvalue weighted by Gasteiger charge is -2.46. The second-order valence-corrected chi connectivity index (χ2v) is 23.4. The Morgan fingerprint density at radius 3 is 1.76 bits per heavy atom. The molecule has 2 aromatic rings. The summed E-state index contributed by atoms with van der Waals surface area (Å²) in [6, 6.07) is 21.7. The first-order chi connectivity index (χ1) is 19.5. The number of hydrogen-bond donors (Lipinski definition) is 1. The van der Waals surface area contributed by atoms with Crippen LogP contribution in [0.5, 0.6) is 0 Å². The predicted molar refractivity (Wildman–Crippen MR) is 185 cm³/mol. The number of aliphatic hydroxyl groups is 1. The summed E-state index contributed by atoms with van der Waals surface area (Å²) in [4.78, 5) is 0. The molecule has 0 spiro atoms. The normalized spacial score (nSPS) is 16.8. The molecule has 42 heavy (non-hydrogen) atoms. The maximum atomic E-state index is 9.26. The van der Waals surface area contributed by atoms with Crippen LogP contribution in [0.15, 0.2) is 84.5 Å². The van der Waals surface area contributed by atoms with Crippen LogP contribution in [0.2, 0.25) is 23.2 Å². The summed E-state index contributed by atoms with van der Waals surface area (Å²) in [6.45, 7) is 25.7. The molecule has 0 saturated carbocycles. The van der Waals surface area contributed by atoms with E-state index in [1.165, 1.54) is 10.4 Å². The number of ether oxygens (including phenoxy) is 1. The van der Waals surface area contributed by atoms with Gasteiger partial charge in [0.05, 0.1) is 18.8 Å². The van der Waals surface area contributed by atoms with Crippen molar-refractivity contribution in [2.45, 2.75) is 97.7 Å². The molecular formula is C36H58O4Si2. The number of aliphatic hydroxyl groups excluding tert-OH is 1. The van der Waals surface area contributed by atoms with Gasteiger partial charge in [-0.25, -0.2) is 0 Å². The zero-order valence-electron chi connectivity index (χ0n) is 28.4. The molecule has 0 heterocycles. The molecule has 2 aromatic carbocycles. The SMILES string of the molecule is CO[C@H](/C=C(C)/C=C/CO)[C@@H](C)[C@H](O[Si](C)(C)C(C)(C)C)[C@H](C)CO[Si](c1ccccc1)(c1ccccc1)C(C)(C)C. The summed E-state index contributed by atoms with van der Waals surface area (Å²) in [5, 5.41) is 11.8. The van der Waals surface area contributed by atoms with E-state index in [-0.39, 0.29) is 40.7 Å². The van der Waals surface area contributed by atoms with E-state index in [4.69, 9.17) is 13.6 Å². The summed E-state index contributed by atoms with van der Waals surface area (Å²) in [5.74, 6) is 0.203. The average molecular weight is 611 g/mol. The Bertz CT molecular complexity index is 1090. The molecule has 4 atom stereocenters. The van der Waals surface area contributed by atoms with Crippen molar-refractivity contribution in [3.05, 3.63) is 84.5 Å². The lowest BCUT2D eigenvalue weighted by molar-refractivity contribution is -0.0102. The molecule has 1 N–H and O–H groups in total. The molecule has 4 nitrogen and oxygen atoms in total. The summed E-state index contributed by atoms with van der Waals surface area (Å²) in [5.41, 5.74) is 1.06. The quantitative estimate of drug-likeness (QED) is 0.176. The van der Waals surface area contributed by atoms with Gasteiger partial charge in [-0.1, -0.05) is 140 Å². The van der Waals surface area contributed by atoms with E-state index < -0.39 is 16.6 Å². The smallest absolute Gasteiger partial charge is 0.261 e. The minimum atomic E-state index is -2.68. The Balaban J connectivity index is 2.58. The highest BCUT2D eigenvalue weighted by atomic mass is 28.4. The third-order valence-corrected chi connectivity index (χ3v) is 18.5. The standard InChI is InChI=1S/C36H58O4Si2/c1-28(20-19-25-37)26-33(38-10)30(3)34(40-41(11,12)35(4,5)6)29(2)27-39-42(36(7,8)9,31-21-15-13-16-22-31)32-23-17-14-18-24-32/h13-24,26,29-30,33-34,37H,25,27H2,1-12H3/b20-19+,28-26+/t29-,30-,33-,34-/m1/s1. The molecule has 0 bridgehead atoms. The number of allylic oxidation sites excluding steroid dienone is 2. The zero-order chi connectivity index (χ0) is 31.8. The van der Waals surface area contributed by atoms with Crippen LogP contribution in [0.4, 0.5) is 0 Å². The lowest BCUT2D eigenvalue weighted by Crippen LogP contribution is -2.67. The van der Waals surface area contributed by atoms with Crippen LogP contribution in [0.1, 0.15) is 62.3 Å². The average Bonchev–Trinajstić information content (AvgIpc) is 2.93. The van der Waals surface area contributed by atoms with Crippen LogP contribution >= 0.6 is 0 Å². The fraction of sp³-hybridized carbons (Fsp3) is 0.556. The van der Waals surface area contributed by atoms with Gasteiger partial charge in [0, 0.05) is 25.6 Å². The van der Waals surface area contributed by atoms with Gasteiger partial charge < -0.3 is 18.7 Å². The van der Waals surface area contributed by atoms with Crippen molar-refractivity contribution in [1.29, 1.82) is 0 Å².